The van der Waals surface area contributed by atoms with E-state index >= 15 is 0 Å². The first-order valence-corrected chi connectivity index (χ1v) is 6.15. The van der Waals surface area contributed by atoms with Gasteiger partial charge in [-0.25, -0.2) is 9.59 Å². The molecule has 1 heterocycles. The minimum Gasteiger partial charge on any atom is -0.478 e. The zero-order valence-corrected chi connectivity index (χ0v) is 10.8. The van der Waals surface area contributed by atoms with Crippen LogP contribution in [0.1, 0.15) is 22.3 Å². The molecule has 0 saturated carbocycles. The number of halogens is 3. The maximum absolute atomic E-state index is 12.1. The van der Waals surface area contributed by atoms with E-state index in [9.17, 15) is 22.8 Å². The van der Waals surface area contributed by atoms with Crippen LogP contribution in [0.2, 0.25) is 0 Å². The molecule has 0 fully saturated rings. The maximum Gasteiger partial charge on any atom is 0.422 e. The average molecular weight is 303 g/mol. The average Bonchev–Trinajstić information content (AvgIpc) is 2.42. The van der Waals surface area contributed by atoms with Crippen molar-refractivity contribution in [2.75, 3.05) is 18.1 Å². The molecule has 1 aliphatic rings. The van der Waals surface area contributed by atoms with Gasteiger partial charge in [-0.1, -0.05) is 0 Å². The molecule has 1 N–H and O–H groups in total. The molecular weight excluding hydrogens is 291 g/mol. The minimum absolute atomic E-state index is 0.0688. The SMILES string of the molecule is O=C(O)c1ccc2c(c1)CCCN2C(=O)OCC(F)(F)F. The molecule has 0 aliphatic carbocycles. The number of hydrogen-bond donors (Lipinski definition) is 1. The molecule has 5 nitrogen and oxygen atoms in total. The van der Waals surface area contributed by atoms with Gasteiger partial charge in [-0.15, -0.1) is 0 Å². The van der Waals surface area contributed by atoms with Gasteiger partial charge in [-0.05, 0) is 36.6 Å². The predicted molar refractivity (Wildman–Crippen MR) is 66.5 cm³/mol. The standard InChI is InChI=1S/C13H12F3NO4/c14-13(15,16)7-21-12(20)17-5-1-2-8-6-9(11(18)19)3-4-10(8)17/h3-4,6H,1-2,5,7H2,(H,18,19). The van der Waals surface area contributed by atoms with Gasteiger partial charge in [0.05, 0.1) is 11.3 Å². The molecule has 0 radical (unpaired) electrons. The van der Waals surface area contributed by atoms with Crippen LogP contribution in [0.5, 0.6) is 0 Å². The Balaban J connectivity index is 2.18. The van der Waals surface area contributed by atoms with Crippen LogP contribution in [-0.4, -0.2) is 36.5 Å². The van der Waals surface area contributed by atoms with E-state index in [1.54, 1.807) is 0 Å². The second-order valence-corrected chi connectivity index (χ2v) is 4.57. The Morgan fingerprint density at radius 3 is 2.67 bits per heavy atom. The molecule has 2 rings (SSSR count). The van der Waals surface area contributed by atoms with Crippen molar-refractivity contribution in [3.05, 3.63) is 29.3 Å². The Morgan fingerprint density at radius 1 is 1.33 bits per heavy atom. The number of benzene rings is 1. The number of nitrogens with zero attached hydrogens (tertiary/aromatic N) is 1. The van der Waals surface area contributed by atoms with E-state index in [-0.39, 0.29) is 12.1 Å². The van der Waals surface area contributed by atoms with Crippen LogP contribution in [0.25, 0.3) is 0 Å². The number of ether oxygens (including phenoxy) is 1. The molecule has 21 heavy (non-hydrogen) atoms. The normalized spacial score (nSPS) is 14.5. The fraction of sp³-hybridized carbons (Fsp3) is 0.385. The summed E-state index contributed by atoms with van der Waals surface area (Å²) in [7, 11) is 0. The van der Waals surface area contributed by atoms with E-state index in [0.29, 0.717) is 24.1 Å². The molecule has 0 spiro atoms. The van der Waals surface area contributed by atoms with Crippen LogP contribution in [0.3, 0.4) is 0 Å². The highest BCUT2D eigenvalue weighted by atomic mass is 19.4. The third-order valence-corrected chi connectivity index (χ3v) is 3.02. The van der Waals surface area contributed by atoms with Gasteiger partial charge in [0, 0.05) is 6.54 Å². The van der Waals surface area contributed by atoms with E-state index < -0.39 is 24.8 Å². The number of aryl methyl sites for hydroxylation is 1. The van der Waals surface area contributed by atoms with Crippen LogP contribution in [0, 0.1) is 0 Å². The number of carboxylic acids is 1. The summed E-state index contributed by atoms with van der Waals surface area (Å²) in [5.74, 6) is -1.10. The molecule has 1 aromatic rings. The third-order valence-electron chi connectivity index (χ3n) is 3.02. The predicted octanol–water partition coefficient (Wildman–Crippen LogP) is 2.84. The van der Waals surface area contributed by atoms with Crippen molar-refractivity contribution in [2.24, 2.45) is 0 Å². The maximum atomic E-state index is 12.1. The van der Waals surface area contributed by atoms with Gasteiger partial charge >= 0.3 is 18.2 Å². The molecule has 8 heteroatoms. The topological polar surface area (TPSA) is 66.8 Å². The first-order chi connectivity index (χ1) is 9.78. The van der Waals surface area contributed by atoms with Crippen molar-refractivity contribution in [2.45, 2.75) is 19.0 Å². The number of carbonyl (C=O) groups excluding carboxylic acids is 1. The molecule has 114 valence electrons. The van der Waals surface area contributed by atoms with Gasteiger partial charge in [-0.3, -0.25) is 4.90 Å². The van der Waals surface area contributed by atoms with Gasteiger partial charge in [0.15, 0.2) is 6.61 Å². The van der Waals surface area contributed by atoms with Crippen LogP contribution >= 0.6 is 0 Å². The van der Waals surface area contributed by atoms with Crippen LogP contribution in [0.15, 0.2) is 18.2 Å². The highest BCUT2D eigenvalue weighted by molar-refractivity contribution is 5.92. The number of hydrogen-bond acceptors (Lipinski definition) is 3. The molecule has 1 amide bonds. The summed E-state index contributed by atoms with van der Waals surface area (Å²) in [5, 5.41) is 8.91. The molecule has 1 aliphatic heterocycles. The van der Waals surface area contributed by atoms with Gasteiger partial charge in [0.25, 0.3) is 0 Å². The Hall–Kier alpha value is -2.25. The van der Waals surface area contributed by atoms with E-state index in [2.05, 4.69) is 4.74 Å². The quantitative estimate of drug-likeness (QED) is 0.912. The fourth-order valence-electron chi connectivity index (χ4n) is 2.14. The lowest BCUT2D eigenvalue weighted by Gasteiger charge is -2.29. The smallest absolute Gasteiger partial charge is 0.422 e. The number of carbonyl (C=O) groups is 2. The number of amides is 1. The molecule has 1 aromatic carbocycles. The summed E-state index contributed by atoms with van der Waals surface area (Å²) in [6.07, 6.45) is -4.59. The van der Waals surface area contributed by atoms with E-state index in [4.69, 9.17) is 5.11 Å². The van der Waals surface area contributed by atoms with E-state index in [1.807, 2.05) is 0 Å². The lowest BCUT2D eigenvalue weighted by Crippen LogP contribution is -2.37. The molecule has 0 atom stereocenters. The monoisotopic (exact) mass is 303 g/mol. The Labute approximate surface area is 117 Å². The largest absolute Gasteiger partial charge is 0.478 e. The van der Waals surface area contributed by atoms with Gasteiger partial charge in [-0.2, -0.15) is 13.2 Å². The third kappa shape index (κ3) is 3.65. The lowest BCUT2D eigenvalue weighted by molar-refractivity contribution is -0.159. The molecule has 0 saturated heterocycles. The van der Waals surface area contributed by atoms with Gasteiger partial charge in [0.1, 0.15) is 0 Å². The van der Waals surface area contributed by atoms with Crippen molar-refractivity contribution in [1.29, 1.82) is 0 Å². The summed E-state index contributed by atoms with van der Waals surface area (Å²) in [6.45, 7) is -1.42. The summed E-state index contributed by atoms with van der Waals surface area (Å²) >= 11 is 0. The number of rotatable bonds is 2. The highest BCUT2D eigenvalue weighted by Crippen LogP contribution is 2.29. The summed E-state index contributed by atoms with van der Waals surface area (Å²) in [4.78, 5) is 23.7. The number of alkyl halides is 3. The summed E-state index contributed by atoms with van der Waals surface area (Å²) < 4.78 is 40.4. The zero-order valence-electron chi connectivity index (χ0n) is 10.8. The van der Waals surface area contributed by atoms with Gasteiger partial charge < -0.3 is 9.84 Å². The second kappa shape index (κ2) is 5.63. The van der Waals surface area contributed by atoms with Crippen LogP contribution in [-0.2, 0) is 11.2 Å². The molecule has 0 aromatic heterocycles. The number of carboxylic acid groups (broad SMARTS) is 1. The Kier molecular flexibility index (Phi) is 4.06. The highest BCUT2D eigenvalue weighted by Gasteiger charge is 2.32. The van der Waals surface area contributed by atoms with Crippen molar-refractivity contribution < 1.29 is 32.6 Å². The summed E-state index contributed by atoms with van der Waals surface area (Å²) in [6, 6.07) is 4.13. The molecule has 0 unspecified atom stereocenters. The van der Waals surface area contributed by atoms with Crippen molar-refractivity contribution >= 4 is 17.7 Å². The molecular formula is C13H12F3NO4. The zero-order chi connectivity index (χ0) is 15.6. The van der Waals surface area contributed by atoms with Crippen LogP contribution in [0.4, 0.5) is 23.7 Å². The number of fused-ring (bicyclic) bond motifs is 1. The van der Waals surface area contributed by atoms with Crippen LogP contribution < -0.4 is 4.90 Å². The van der Waals surface area contributed by atoms with Gasteiger partial charge in [0.2, 0.25) is 0 Å². The fourth-order valence-corrected chi connectivity index (χ4v) is 2.14. The Bertz CT molecular complexity index is 571. The summed E-state index contributed by atoms with van der Waals surface area (Å²) in [5.41, 5.74) is 1.06. The minimum atomic E-state index is -4.58. The lowest BCUT2D eigenvalue weighted by atomic mass is 9.99. The number of aromatic carboxylic acids is 1. The van der Waals surface area contributed by atoms with Crippen molar-refractivity contribution in [3.8, 4) is 0 Å². The van der Waals surface area contributed by atoms with E-state index in [0.717, 1.165) is 4.90 Å². The van der Waals surface area contributed by atoms with E-state index in [1.165, 1.54) is 18.2 Å². The second-order valence-electron chi connectivity index (χ2n) is 4.57. The Morgan fingerprint density at radius 2 is 2.05 bits per heavy atom. The first kappa shape index (κ1) is 15.1. The van der Waals surface area contributed by atoms with Crippen molar-refractivity contribution in [1.82, 2.24) is 0 Å². The molecule has 0 bridgehead atoms. The first-order valence-electron chi connectivity index (χ1n) is 6.15. The number of anilines is 1. The van der Waals surface area contributed by atoms with Crippen molar-refractivity contribution in [3.63, 3.8) is 0 Å².